The van der Waals surface area contributed by atoms with Crippen molar-refractivity contribution in [1.82, 2.24) is 0 Å². The van der Waals surface area contributed by atoms with Gasteiger partial charge in [-0.25, -0.2) is 0 Å². The van der Waals surface area contributed by atoms with Crippen molar-refractivity contribution in [2.75, 3.05) is 7.11 Å². The van der Waals surface area contributed by atoms with Crippen LogP contribution >= 0.6 is 0 Å². The van der Waals surface area contributed by atoms with Gasteiger partial charge in [0.1, 0.15) is 5.75 Å². The molecule has 2 aliphatic carbocycles. The third-order valence-electron chi connectivity index (χ3n) is 6.60. The third-order valence-corrected chi connectivity index (χ3v) is 6.60. The zero-order valence-corrected chi connectivity index (χ0v) is 18.0. The molecule has 3 aromatic carbocycles. The summed E-state index contributed by atoms with van der Waals surface area (Å²) < 4.78 is 5.65. The topological polar surface area (TPSA) is 50.1 Å². The number of aryl methyl sites for hydroxylation is 1. The number of hydrogen-bond acceptors (Lipinski definition) is 3. The minimum Gasteiger partial charge on any atom is -0.496 e. The Bertz CT molecular complexity index is 1320. The molecule has 3 aromatic rings. The van der Waals surface area contributed by atoms with Crippen LogP contribution < -0.4 is 4.74 Å². The number of benzene rings is 3. The fourth-order valence-corrected chi connectivity index (χ4v) is 5.15. The van der Waals surface area contributed by atoms with E-state index in [9.17, 15) is 10.1 Å². The number of nitrogens with zero attached hydrogens (tertiary/aromatic N) is 1. The molecule has 1 unspecified atom stereocenters. The van der Waals surface area contributed by atoms with E-state index in [1.54, 1.807) is 13.2 Å². The van der Waals surface area contributed by atoms with E-state index in [2.05, 4.69) is 56.3 Å². The van der Waals surface area contributed by atoms with Crippen molar-refractivity contribution in [1.29, 1.82) is 5.26 Å². The minimum atomic E-state index is 0.00366. The molecule has 0 bridgehead atoms. The summed E-state index contributed by atoms with van der Waals surface area (Å²) in [6.45, 7) is 4.20. The van der Waals surface area contributed by atoms with Crippen LogP contribution in [-0.4, -0.2) is 12.9 Å². The molecule has 31 heavy (non-hydrogen) atoms. The number of rotatable bonds is 2. The minimum absolute atomic E-state index is 0.00366. The van der Waals surface area contributed by atoms with Gasteiger partial charge < -0.3 is 4.74 Å². The molecule has 5 rings (SSSR count). The van der Waals surface area contributed by atoms with E-state index in [1.807, 2.05) is 12.1 Å². The number of carbonyl (C=O) groups excluding carboxylic acids is 1. The second-order valence-electron chi connectivity index (χ2n) is 8.47. The average Bonchev–Trinajstić information content (AvgIpc) is 2.78. The van der Waals surface area contributed by atoms with Crippen LogP contribution in [0.3, 0.4) is 0 Å². The number of Topliss-reactive ketones (excluding diaryl/α,β-unsaturated/α-hetero) is 1. The van der Waals surface area contributed by atoms with E-state index in [0.717, 1.165) is 39.8 Å². The van der Waals surface area contributed by atoms with Gasteiger partial charge in [0, 0.05) is 23.5 Å². The van der Waals surface area contributed by atoms with Crippen molar-refractivity contribution >= 4 is 5.78 Å². The van der Waals surface area contributed by atoms with Crippen molar-refractivity contribution in [3.05, 3.63) is 99.1 Å². The molecule has 0 spiro atoms. The van der Waals surface area contributed by atoms with Gasteiger partial charge in [-0.3, -0.25) is 4.79 Å². The molecule has 0 N–H and O–H groups in total. The van der Waals surface area contributed by atoms with Crippen LogP contribution in [0.2, 0.25) is 0 Å². The number of ether oxygens (including phenoxy) is 1. The SMILES string of the molecule is COc1cc(C#N)ccc1C1C(C)=CCc2c1ccc1c2C(=O)Cc2cc(C)ccc2-1. The van der Waals surface area contributed by atoms with Gasteiger partial charge >= 0.3 is 0 Å². The van der Waals surface area contributed by atoms with Crippen LogP contribution in [0.4, 0.5) is 0 Å². The quantitative estimate of drug-likeness (QED) is 0.498. The number of hydrogen-bond donors (Lipinski definition) is 0. The molecule has 0 radical (unpaired) electrons. The second-order valence-corrected chi connectivity index (χ2v) is 8.47. The molecule has 0 aromatic heterocycles. The van der Waals surface area contributed by atoms with Crippen LogP contribution in [0, 0.1) is 18.3 Å². The van der Waals surface area contributed by atoms with Gasteiger partial charge in [-0.1, -0.05) is 53.6 Å². The van der Waals surface area contributed by atoms with Crippen molar-refractivity contribution < 1.29 is 9.53 Å². The van der Waals surface area contributed by atoms with E-state index < -0.39 is 0 Å². The van der Waals surface area contributed by atoms with Crippen LogP contribution in [0.1, 0.15) is 56.6 Å². The van der Waals surface area contributed by atoms with E-state index in [0.29, 0.717) is 17.7 Å². The average molecular weight is 405 g/mol. The number of allylic oxidation sites excluding steroid dienone is 2. The number of nitriles is 1. The van der Waals surface area contributed by atoms with Gasteiger partial charge in [-0.2, -0.15) is 5.26 Å². The molecule has 152 valence electrons. The number of carbonyl (C=O) groups is 1. The number of fused-ring (bicyclic) bond motifs is 5. The molecular formula is C28H23NO2. The maximum atomic E-state index is 13.3. The van der Waals surface area contributed by atoms with Crippen molar-refractivity contribution in [2.45, 2.75) is 32.6 Å². The Balaban J connectivity index is 1.72. The number of methoxy groups -OCH3 is 1. The predicted molar refractivity (Wildman–Crippen MR) is 122 cm³/mol. The highest BCUT2D eigenvalue weighted by molar-refractivity contribution is 6.09. The largest absolute Gasteiger partial charge is 0.496 e. The number of ketones is 1. The summed E-state index contributed by atoms with van der Waals surface area (Å²) in [6.07, 6.45) is 3.43. The maximum absolute atomic E-state index is 13.3. The molecule has 2 aliphatic rings. The zero-order chi connectivity index (χ0) is 21.7. The first-order valence-electron chi connectivity index (χ1n) is 10.6. The van der Waals surface area contributed by atoms with E-state index in [1.165, 1.54) is 16.7 Å². The van der Waals surface area contributed by atoms with Crippen LogP contribution in [0.25, 0.3) is 11.1 Å². The monoisotopic (exact) mass is 405 g/mol. The van der Waals surface area contributed by atoms with Gasteiger partial charge in [-0.05, 0) is 60.2 Å². The Kier molecular flexibility index (Phi) is 4.52. The summed E-state index contributed by atoms with van der Waals surface area (Å²) in [5.41, 5.74) is 10.5. The molecule has 0 amide bonds. The van der Waals surface area contributed by atoms with Crippen LogP contribution in [0.15, 0.2) is 60.2 Å². The molecule has 0 saturated carbocycles. The van der Waals surface area contributed by atoms with E-state index in [-0.39, 0.29) is 11.7 Å². The summed E-state index contributed by atoms with van der Waals surface area (Å²) >= 11 is 0. The molecule has 3 heteroatoms. The molecule has 0 fully saturated rings. The van der Waals surface area contributed by atoms with Crippen molar-refractivity contribution in [2.24, 2.45) is 0 Å². The van der Waals surface area contributed by atoms with Gasteiger partial charge in [0.25, 0.3) is 0 Å². The lowest BCUT2D eigenvalue weighted by Crippen LogP contribution is -2.20. The lowest BCUT2D eigenvalue weighted by molar-refractivity contribution is 0.0991. The molecule has 0 aliphatic heterocycles. The molecule has 1 atom stereocenters. The highest BCUT2D eigenvalue weighted by Crippen LogP contribution is 2.46. The van der Waals surface area contributed by atoms with Crippen molar-refractivity contribution in [3.63, 3.8) is 0 Å². The summed E-state index contributed by atoms with van der Waals surface area (Å²) in [6, 6.07) is 18.5. The first-order valence-corrected chi connectivity index (χ1v) is 10.6. The Labute approximate surface area is 182 Å². The molecule has 3 nitrogen and oxygen atoms in total. The van der Waals surface area contributed by atoms with Crippen molar-refractivity contribution in [3.8, 4) is 22.9 Å². The molecular weight excluding hydrogens is 382 g/mol. The first kappa shape index (κ1) is 19.3. The maximum Gasteiger partial charge on any atom is 0.168 e. The second kappa shape index (κ2) is 7.25. The highest BCUT2D eigenvalue weighted by Gasteiger charge is 2.32. The van der Waals surface area contributed by atoms with E-state index in [4.69, 9.17) is 4.74 Å². The normalized spacial score (nSPS) is 16.5. The summed E-state index contributed by atoms with van der Waals surface area (Å²) in [7, 11) is 1.64. The lowest BCUT2D eigenvalue weighted by Gasteiger charge is -2.31. The highest BCUT2D eigenvalue weighted by atomic mass is 16.5. The first-order chi connectivity index (χ1) is 15.0. The molecule has 0 heterocycles. The van der Waals surface area contributed by atoms with E-state index >= 15 is 0 Å². The Morgan fingerprint density at radius 1 is 1.00 bits per heavy atom. The van der Waals surface area contributed by atoms with Gasteiger partial charge in [0.15, 0.2) is 5.78 Å². The standard InChI is InChI=1S/C28H23NO2/c1-16-4-7-20-19(12-16)14-25(30)28-21(20)10-11-22-23(28)8-5-17(2)27(22)24-9-6-18(15-29)13-26(24)31-3/h4-7,9-13,27H,8,14H2,1-3H3. The van der Waals surface area contributed by atoms with Crippen LogP contribution in [0.5, 0.6) is 5.75 Å². The van der Waals surface area contributed by atoms with Crippen LogP contribution in [-0.2, 0) is 12.8 Å². The summed E-state index contributed by atoms with van der Waals surface area (Å²) in [5, 5.41) is 9.27. The zero-order valence-electron chi connectivity index (χ0n) is 18.0. The smallest absolute Gasteiger partial charge is 0.168 e. The van der Waals surface area contributed by atoms with Gasteiger partial charge in [-0.15, -0.1) is 0 Å². The van der Waals surface area contributed by atoms with Gasteiger partial charge in [0.2, 0.25) is 0 Å². The Hall–Kier alpha value is -3.64. The van der Waals surface area contributed by atoms with Gasteiger partial charge in [0.05, 0.1) is 18.7 Å². The lowest BCUT2D eigenvalue weighted by atomic mass is 9.72. The Morgan fingerprint density at radius 2 is 1.77 bits per heavy atom. The summed E-state index contributed by atoms with van der Waals surface area (Å²) in [4.78, 5) is 13.3. The fourth-order valence-electron chi connectivity index (χ4n) is 5.15. The molecule has 0 saturated heterocycles. The Morgan fingerprint density at radius 3 is 2.55 bits per heavy atom. The fraction of sp³-hybridized carbons (Fsp3) is 0.214. The third kappa shape index (κ3) is 2.99. The summed E-state index contributed by atoms with van der Waals surface area (Å²) in [5.74, 6) is 0.905. The predicted octanol–water partition coefficient (Wildman–Crippen LogP) is 5.92.